The summed E-state index contributed by atoms with van der Waals surface area (Å²) in [5, 5.41) is 1.18. The van der Waals surface area contributed by atoms with Gasteiger partial charge in [0.25, 0.3) is 7.37 Å². The molecule has 22 heavy (non-hydrogen) atoms. The normalized spacial score (nSPS) is 20.8. The summed E-state index contributed by atoms with van der Waals surface area (Å²) < 4.78 is 42.7. The Morgan fingerprint density at radius 3 is 1.82 bits per heavy atom. The van der Waals surface area contributed by atoms with Crippen LogP contribution in [0.15, 0.2) is 60.7 Å². The van der Waals surface area contributed by atoms with Crippen molar-refractivity contribution >= 4 is 27.8 Å². The van der Waals surface area contributed by atoms with Crippen molar-refractivity contribution < 1.29 is 17.5 Å². The van der Waals surface area contributed by atoms with E-state index in [0.29, 0.717) is 17.0 Å². The summed E-state index contributed by atoms with van der Waals surface area (Å²) in [6.45, 7) is 0. The van der Waals surface area contributed by atoms with Crippen molar-refractivity contribution in [2.24, 2.45) is 0 Å². The highest BCUT2D eigenvalue weighted by Gasteiger charge is 2.37. The molecule has 6 heteroatoms. The molecule has 0 saturated carbocycles. The fourth-order valence-corrected chi connectivity index (χ4v) is 6.53. The molecule has 0 N–H and O–H groups in total. The second-order valence-corrected chi connectivity index (χ2v) is 9.93. The maximum atomic E-state index is 13.6. The Labute approximate surface area is 130 Å². The van der Waals surface area contributed by atoms with Crippen LogP contribution in [-0.2, 0) is 18.9 Å². The molecular weight excluding hydrogens is 319 g/mol. The van der Waals surface area contributed by atoms with Crippen molar-refractivity contribution in [2.75, 3.05) is 11.5 Å². The lowest BCUT2D eigenvalue weighted by atomic mass is 10.3. The van der Waals surface area contributed by atoms with Crippen LogP contribution in [0.2, 0.25) is 0 Å². The highest BCUT2D eigenvalue weighted by atomic mass is 32.2. The molecule has 0 aromatic heterocycles. The van der Waals surface area contributed by atoms with Crippen LogP contribution in [0, 0.1) is 0 Å². The number of hydrogen-bond donors (Lipinski definition) is 0. The van der Waals surface area contributed by atoms with E-state index >= 15 is 0 Å². The van der Waals surface area contributed by atoms with Gasteiger partial charge in [-0.1, -0.05) is 36.4 Å². The Hall–Kier alpha value is -1.42. The molecule has 0 unspecified atom stereocenters. The highest BCUT2D eigenvalue weighted by molar-refractivity contribution is 7.91. The molecule has 1 saturated heterocycles. The smallest absolute Gasteiger partial charge is 0.261 e. The zero-order chi connectivity index (χ0) is 15.6. The van der Waals surface area contributed by atoms with Crippen molar-refractivity contribution in [3.63, 3.8) is 0 Å². The van der Waals surface area contributed by atoms with E-state index in [2.05, 4.69) is 0 Å². The number of benzene rings is 2. The van der Waals surface area contributed by atoms with E-state index in [1.165, 1.54) is 0 Å². The first kappa shape index (κ1) is 15.5. The lowest BCUT2D eigenvalue weighted by Gasteiger charge is -2.22. The third kappa shape index (κ3) is 3.17. The van der Waals surface area contributed by atoms with Crippen LogP contribution >= 0.6 is 7.37 Å². The van der Waals surface area contributed by atoms with Crippen LogP contribution in [0.4, 0.5) is 0 Å². The molecular formula is C16H17O4PS. The summed E-state index contributed by atoms with van der Waals surface area (Å²) >= 11 is 0. The SMILES string of the molecule is O=P(O[C@@H]1CCS(=O)(=O)C1)(c1ccccc1)c1ccccc1. The first-order chi connectivity index (χ1) is 10.5. The Morgan fingerprint density at radius 2 is 1.41 bits per heavy atom. The third-order valence-electron chi connectivity index (χ3n) is 3.68. The first-order valence-corrected chi connectivity index (χ1v) is 10.5. The third-order valence-corrected chi connectivity index (χ3v) is 7.97. The van der Waals surface area contributed by atoms with Crippen molar-refractivity contribution in [1.29, 1.82) is 0 Å². The minimum Gasteiger partial charge on any atom is -0.318 e. The van der Waals surface area contributed by atoms with Gasteiger partial charge in [0, 0.05) is 10.6 Å². The minimum absolute atomic E-state index is 0.0589. The zero-order valence-electron chi connectivity index (χ0n) is 12.0. The van der Waals surface area contributed by atoms with Crippen LogP contribution in [-0.4, -0.2) is 26.0 Å². The topological polar surface area (TPSA) is 60.4 Å². The second kappa shape index (κ2) is 5.99. The average Bonchev–Trinajstić information content (AvgIpc) is 2.87. The molecule has 2 aromatic rings. The molecule has 1 heterocycles. The predicted octanol–water partition coefficient (Wildman–Crippen LogP) is 2.12. The summed E-state index contributed by atoms with van der Waals surface area (Å²) in [5.74, 6) is 0.0396. The molecule has 1 fully saturated rings. The standard InChI is InChI=1S/C16H17O4PS/c17-21(15-7-3-1-4-8-15,16-9-5-2-6-10-16)20-14-11-12-22(18,19)13-14/h1-10,14H,11-13H2/t14-/m1/s1. The Balaban J connectivity index is 2.00. The van der Waals surface area contributed by atoms with E-state index < -0.39 is 23.3 Å². The summed E-state index contributed by atoms with van der Waals surface area (Å²) in [4.78, 5) is 0. The van der Waals surface area contributed by atoms with E-state index in [1.807, 2.05) is 12.1 Å². The van der Waals surface area contributed by atoms with Gasteiger partial charge >= 0.3 is 0 Å². The predicted molar refractivity (Wildman–Crippen MR) is 87.9 cm³/mol. The summed E-state index contributed by atoms with van der Waals surface area (Å²) in [6, 6.07) is 18.0. The molecule has 0 aliphatic carbocycles. The van der Waals surface area contributed by atoms with Gasteiger partial charge in [0.15, 0.2) is 9.84 Å². The van der Waals surface area contributed by atoms with Crippen molar-refractivity contribution in [3.05, 3.63) is 60.7 Å². The monoisotopic (exact) mass is 336 g/mol. The Kier molecular flexibility index (Phi) is 4.22. The minimum atomic E-state index is -3.29. The van der Waals surface area contributed by atoms with E-state index in [1.54, 1.807) is 48.5 Å². The fraction of sp³-hybridized carbons (Fsp3) is 0.250. The zero-order valence-corrected chi connectivity index (χ0v) is 13.7. The maximum Gasteiger partial charge on any atom is 0.261 e. The van der Waals surface area contributed by atoms with Gasteiger partial charge in [0.05, 0.1) is 17.6 Å². The number of rotatable bonds is 4. The molecule has 1 atom stereocenters. The van der Waals surface area contributed by atoms with Crippen LogP contribution < -0.4 is 10.6 Å². The molecule has 3 rings (SSSR count). The van der Waals surface area contributed by atoms with Gasteiger partial charge in [-0.3, -0.25) is 4.57 Å². The van der Waals surface area contributed by atoms with E-state index in [0.717, 1.165) is 0 Å². The van der Waals surface area contributed by atoms with E-state index in [4.69, 9.17) is 4.52 Å². The molecule has 116 valence electrons. The summed E-state index contributed by atoms with van der Waals surface area (Å²) in [7, 11) is -6.37. The summed E-state index contributed by atoms with van der Waals surface area (Å²) in [5.41, 5.74) is 0. The molecule has 1 aliphatic heterocycles. The Bertz CT molecular complexity index is 744. The van der Waals surface area contributed by atoms with Crippen LogP contribution in [0.1, 0.15) is 6.42 Å². The first-order valence-electron chi connectivity index (χ1n) is 7.10. The maximum absolute atomic E-state index is 13.6. The van der Waals surface area contributed by atoms with Gasteiger partial charge in [0.1, 0.15) is 0 Å². The largest absolute Gasteiger partial charge is 0.318 e. The second-order valence-electron chi connectivity index (χ2n) is 5.35. The van der Waals surface area contributed by atoms with Gasteiger partial charge in [-0.05, 0) is 30.7 Å². The van der Waals surface area contributed by atoms with Gasteiger partial charge in [-0.15, -0.1) is 0 Å². The van der Waals surface area contributed by atoms with E-state index in [9.17, 15) is 13.0 Å². The van der Waals surface area contributed by atoms with Crippen molar-refractivity contribution in [2.45, 2.75) is 12.5 Å². The molecule has 4 nitrogen and oxygen atoms in total. The highest BCUT2D eigenvalue weighted by Crippen LogP contribution is 2.47. The van der Waals surface area contributed by atoms with Gasteiger partial charge < -0.3 is 4.52 Å². The van der Waals surface area contributed by atoms with Crippen LogP contribution in [0.5, 0.6) is 0 Å². The molecule has 0 bridgehead atoms. The molecule has 0 spiro atoms. The number of hydrogen-bond acceptors (Lipinski definition) is 4. The van der Waals surface area contributed by atoms with E-state index in [-0.39, 0.29) is 11.5 Å². The van der Waals surface area contributed by atoms with Crippen molar-refractivity contribution in [3.8, 4) is 0 Å². The van der Waals surface area contributed by atoms with Crippen LogP contribution in [0.3, 0.4) is 0 Å². The fourth-order valence-electron chi connectivity index (χ4n) is 2.57. The number of sulfone groups is 1. The molecule has 0 amide bonds. The molecule has 2 aromatic carbocycles. The average molecular weight is 336 g/mol. The van der Waals surface area contributed by atoms with Gasteiger partial charge in [-0.25, -0.2) is 8.42 Å². The molecule has 0 radical (unpaired) electrons. The lowest BCUT2D eigenvalue weighted by Crippen LogP contribution is -2.23. The Morgan fingerprint density at radius 1 is 0.909 bits per heavy atom. The summed E-state index contributed by atoms with van der Waals surface area (Å²) in [6.07, 6.45) is -0.123. The van der Waals surface area contributed by atoms with Crippen molar-refractivity contribution in [1.82, 2.24) is 0 Å². The van der Waals surface area contributed by atoms with Gasteiger partial charge in [-0.2, -0.15) is 0 Å². The van der Waals surface area contributed by atoms with Crippen LogP contribution in [0.25, 0.3) is 0 Å². The quantitative estimate of drug-likeness (QED) is 0.803. The lowest BCUT2D eigenvalue weighted by molar-refractivity contribution is 0.240. The van der Waals surface area contributed by atoms with Gasteiger partial charge in [0.2, 0.25) is 0 Å². The molecule has 1 aliphatic rings.